The Hall–Kier alpha value is -2.83. The first-order valence-electron chi connectivity index (χ1n) is 8.27. The van der Waals surface area contributed by atoms with Crippen molar-refractivity contribution in [1.29, 1.82) is 0 Å². The van der Waals surface area contributed by atoms with Gasteiger partial charge in [-0.15, -0.1) is 0 Å². The van der Waals surface area contributed by atoms with Gasteiger partial charge in [0.1, 0.15) is 12.3 Å². The fraction of sp³-hybridized carbons (Fsp3) is 0.158. The Morgan fingerprint density at radius 1 is 1.12 bits per heavy atom. The van der Waals surface area contributed by atoms with Crippen LogP contribution in [0.1, 0.15) is 5.76 Å². The van der Waals surface area contributed by atoms with E-state index in [9.17, 15) is 10.1 Å². The molecular weight excluding hydrogens is 354 g/mol. The third-order valence-electron chi connectivity index (χ3n) is 3.89. The van der Waals surface area contributed by atoms with E-state index in [1.807, 2.05) is 42.5 Å². The van der Waals surface area contributed by atoms with Gasteiger partial charge in [0.25, 0.3) is 5.69 Å². The third kappa shape index (κ3) is 4.62. The number of non-ortho nitro benzene ring substituents is 1. The van der Waals surface area contributed by atoms with Gasteiger partial charge in [0.05, 0.1) is 28.7 Å². The molecule has 7 heteroatoms. The smallest absolute Gasteiger partial charge is 0.271 e. The maximum Gasteiger partial charge on any atom is 0.271 e. The molecule has 0 saturated heterocycles. The number of rotatable bonds is 8. The van der Waals surface area contributed by atoms with Crippen LogP contribution in [-0.4, -0.2) is 18.0 Å². The van der Waals surface area contributed by atoms with Crippen LogP contribution in [0.15, 0.2) is 65.1 Å². The SMILES string of the molecule is O=[N+]([O-])c1ccc(NCC[NH2+]Cc2ccc(-c3ccccc3)o2)c(Cl)c1. The minimum atomic E-state index is -0.462. The lowest BCUT2D eigenvalue weighted by Gasteiger charge is -2.07. The summed E-state index contributed by atoms with van der Waals surface area (Å²) in [5.74, 6) is 1.78. The molecule has 3 N–H and O–H groups in total. The predicted molar refractivity (Wildman–Crippen MR) is 101 cm³/mol. The van der Waals surface area contributed by atoms with Crippen molar-refractivity contribution < 1.29 is 14.7 Å². The number of benzene rings is 2. The Morgan fingerprint density at radius 3 is 2.65 bits per heavy atom. The molecule has 0 aliphatic carbocycles. The van der Waals surface area contributed by atoms with Crippen LogP contribution in [-0.2, 0) is 6.54 Å². The summed E-state index contributed by atoms with van der Waals surface area (Å²) in [7, 11) is 0. The summed E-state index contributed by atoms with van der Waals surface area (Å²) in [5, 5.41) is 16.4. The van der Waals surface area contributed by atoms with E-state index in [1.165, 1.54) is 12.1 Å². The normalized spacial score (nSPS) is 10.7. The molecule has 0 spiro atoms. The first kappa shape index (κ1) is 18.0. The maximum absolute atomic E-state index is 10.7. The number of hydrogen-bond acceptors (Lipinski definition) is 4. The molecule has 3 rings (SSSR count). The van der Waals surface area contributed by atoms with Crippen molar-refractivity contribution in [2.24, 2.45) is 0 Å². The number of anilines is 1. The zero-order chi connectivity index (χ0) is 18.4. The Morgan fingerprint density at radius 2 is 1.92 bits per heavy atom. The molecule has 3 aromatic rings. The molecule has 0 saturated carbocycles. The summed E-state index contributed by atoms with van der Waals surface area (Å²) in [4.78, 5) is 10.2. The summed E-state index contributed by atoms with van der Waals surface area (Å²) in [5.41, 5.74) is 1.74. The molecule has 0 atom stereocenters. The highest BCUT2D eigenvalue weighted by atomic mass is 35.5. The zero-order valence-corrected chi connectivity index (χ0v) is 14.8. The first-order chi connectivity index (χ1) is 12.6. The first-order valence-corrected chi connectivity index (χ1v) is 8.65. The number of quaternary nitrogens is 1. The minimum absolute atomic E-state index is 0.0147. The van der Waals surface area contributed by atoms with Crippen molar-refractivity contribution >= 4 is 23.0 Å². The number of furan rings is 1. The molecule has 2 aromatic carbocycles. The molecule has 6 nitrogen and oxygen atoms in total. The topological polar surface area (TPSA) is 84.9 Å². The molecule has 0 amide bonds. The fourth-order valence-electron chi connectivity index (χ4n) is 2.56. The predicted octanol–water partition coefficient (Wildman–Crippen LogP) is 3.68. The summed E-state index contributed by atoms with van der Waals surface area (Å²) in [6.45, 7) is 2.24. The number of nitro benzene ring substituents is 1. The van der Waals surface area contributed by atoms with Gasteiger partial charge in [0.2, 0.25) is 0 Å². The average Bonchev–Trinajstić information content (AvgIpc) is 3.12. The number of nitrogens with two attached hydrogens (primary N) is 1. The lowest BCUT2D eigenvalue weighted by atomic mass is 10.2. The van der Waals surface area contributed by atoms with Crippen LogP contribution >= 0.6 is 11.6 Å². The summed E-state index contributed by atoms with van der Waals surface area (Å²) < 4.78 is 5.85. The Labute approximate surface area is 155 Å². The van der Waals surface area contributed by atoms with E-state index in [0.717, 1.165) is 30.2 Å². The third-order valence-corrected chi connectivity index (χ3v) is 4.21. The van der Waals surface area contributed by atoms with Gasteiger partial charge in [-0.05, 0) is 18.2 Å². The number of hydrogen-bond donors (Lipinski definition) is 2. The van der Waals surface area contributed by atoms with Gasteiger partial charge in [-0.3, -0.25) is 10.1 Å². The van der Waals surface area contributed by atoms with Crippen molar-refractivity contribution in [2.45, 2.75) is 6.54 Å². The number of halogens is 1. The van der Waals surface area contributed by atoms with Gasteiger partial charge in [-0.1, -0.05) is 41.9 Å². The summed E-state index contributed by atoms with van der Waals surface area (Å²) in [6.07, 6.45) is 0. The van der Waals surface area contributed by atoms with Gasteiger partial charge in [-0.2, -0.15) is 0 Å². The van der Waals surface area contributed by atoms with Crippen LogP contribution < -0.4 is 10.6 Å². The van der Waals surface area contributed by atoms with Crippen molar-refractivity contribution in [2.75, 3.05) is 18.4 Å². The van der Waals surface area contributed by atoms with Gasteiger partial charge >= 0.3 is 0 Å². The average molecular weight is 373 g/mol. The Bertz CT molecular complexity index is 881. The van der Waals surface area contributed by atoms with E-state index in [2.05, 4.69) is 10.6 Å². The van der Waals surface area contributed by atoms with Crippen molar-refractivity contribution in [3.05, 3.63) is 81.6 Å². The van der Waals surface area contributed by atoms with Crippen LogP contribution in [0.4, 0.5) is 11.4 Å². The molecule has 0 aliphatic heterocycles. The monoisotopic (exact) mass is 372 g/mol. The molecule has 1 aromatic heterocycles. The Balaban J connectivity index is 1.44. The molecule has 134 valence electrons. The summed E-state index contributed by atoms with van der Waals surface area (Å²) in [6, 6.07) is 18.4. The molecule has 26 heavy (non-hydrogen) atoms. The van der Waals surface area contributed by atoms with Crippen molar-refractivity contribution in [1.82, 2.24) is 0 Å². The van der Waals surface area contributed by atoms with Crippen molar-refractivity contribution in [3.8, 4) is 11.3 Å². The number of nitro groups is 1. The zero-order valence-electron chi connectivity index (χ0n) is 14.0. The highest BCUT2D eigenvalue weighted by molar-refractivity contribution is 6.33. The molecule has 0 aliphatic rings. The molecule has 0 bridgehead atoms. The number of nitrogens with one attached hydrogen (secondary N) is 1. The standard InChI is InChI=1S/C19H18ClN3O3/c20-17-12-15(23(24)25)6-8-18(17)22-11-10-21-13-16-7-9-19(26-16)14-4-2-1-3-5-14/h1-9,12,21-22H,10-11,13H2/p+1. The van der Waals surface area contributed by atoms with E-state index in [-0.39, 0.29) is 5.69 Å². The van der Waals surface area contributed by atoms with Gasteiger partial charge in [0.15, 0.2) is 5.76 Å². The maximum atomic E-state index is 10.7. The lowest BCUT2D eigenvalue weighted by molar-refractivity contribution is -0.669. The second-order valence-electron chi connectivity index (χ2n) is 5.76. The van der Waals surface area contributed by atoms with Crippen LogP contribution in [0.5, 0.6) is 0 Å². The van der Waals surface area contributed by atoms with E-state index < -0.39 is 4.92 Å². The highest BCUT2D eigenvalue weighted by Crippen LogP contribution is 2.26. The van der Waals surface area contributed by atoms with E-state index >= 15 is 0 Å². The van der Waals surface area contributed by atoms with Crippen LogP contribution in [0.2, 0.25) is 5.02 Å². The largest absolute Gasteiger partial charge is 0.455 e. The van der Waals surface area contributed by atoms with E-state index in [0.29, 0.717) is 17.3 Å². The van der Waals surface area contributed by atoms with Gasteiger partial charge in [-0.25, -0.2) is 0 Å². The molecular formula is C19H19ClN3O3+. The second kappa shape index (κ2) is 8.51. The summed E-state index contributed by atoms with van der Waals surface area (Å²) >= 11 is 6.05. The van der Waals surface area contributed by atoms with Crippen LogP contribution in [0.25, 0.3) is 11.3 Å². The number of nitrogens with zero attached hydrogens (tertiary/aromatic N) is 1. The fourth-order valence-corrected chi connectivity index (χ4v) is 2.80. The van der Waals surface area contributed by atoms with Crippen LogP contribution in [0.3, 0.4) is 0 Å². The van der Waals surface area contributed by atoms with E-state index in [4.69, 9.17) is 16.0 Å². The molecule has 0 unspecified atom stereocenters. The minimum Gasteiger partial charge on any atom is -0.455 e. The van der Waals surface area contributed by atoms with Gasteiger partial charge < -0.3 is 15.1 Å². The molecule has 0 radical (unpaired) electrons. The lowest BCUT2D eigenvalue weighted by Crippen LogP contribution is -2.83. The highest BCUT2D eigenvalue weighted by Gasteiger charge is 2.09. The van der Waals surface area contributed by atoms with Crippen LogP contribution in [0, 0.1) is 10.1 Å². The van der Waals surface area contributed by atoms with E-state index in [1.54, 1.807) is 6.07 Å². The molecule has 1 heterocycles. The van der Waals surface area contributed by atoms with Crippen molar-refractivity contribution in [3.63, 3.8) is 0 Å². The van der Waals surface area contributed by atoms with Gasteiger partial charge in [0, 0.05) is 17.7 Å². The quantitative estimate of drug-likeness (QED) is 0.359. The Kier molecular flexibility index (Phi) is 5.88. The second-order valence-corrected chi connectivity index (χ2v) is 6.17. The molecule has 0 fully saturated rings.